The van der Waals surface area contributed by atoms with Gasteiger partial charge in [0, 0.05) is 16.6 Å². The minimum absolute atomic E-state index is 0.0649. The van der Waals surface area contributed by atoms with E-state index in [0.717, 1.165) is 5.69 Å². The first-order valence-corrected chi connectivity index (χ1v) is 5.61. The number of benzene rings is 1. The molecule has 0 N–H and O–H groups in total. The molecule has 0 saturated carbocycles. The first kappa shape index (κ1) is 11.7. The second kappa shape index (κ2) is 4.24. The zero-order chi connectivity index (χ0) is 12.6. The van der Waals surface area contributed by atoms with Crippen molar-refractivity contribution in [3.05, 3.63) is 41.3 Å². The molecule has 88 valence electrons. The van der Waals surface area contributed by atoms with Crippen molar-refractivity contribution in [3.8, 4) is 0 Å². The van der Waals surface area contributed by atoms with Crippen LogP contribution < -0.4 is 0 Å². The van der Waals surface area contributed by atoms with E-state index in [1.165, 1.54) is 13.0 Å². The van der Waals surface area contributed by atoms with Crippen LogP contribution in [0.2, 0.25) is 0 Å². The maximum Gasteiger partial charge on any atom is 0.160 e. The average molecular weight is 231 g/mol. The minimum atomic E-state index is -0.382. The van der Waals surface area contributed by atoms with E-state index in [0.29, 0.717) is 10.9 Å². The Balaban J connectivity index is 2.86. The van der Waals surface area contributed by atoms with Crippen LogP contribution in [-0.4, -0.2) is 10.8 Å². The molecule has 2 nitrogen and oxygen atoms in total. The van der Waals surface area contributed by atoms with Gasteiger partial charge in [-0.3, -0.25) is 4.79 Å². The molecular weight excluding hydrogens is 217 g/mol. The molecule has 1 heterocycles. The van der Waals surface area contributed by atoms with Gasteiger partial charge in [0.05, 0.1) is 0 Å². The number of hydrogen-bond donors (Lipinski definition) is 0. The van der Waals surface area contributed by atoms with Crippen LogP contribution in [-0.2, 0) is 0 Å². The van der Waals surface area contributed by atoms with Crippen LogP contribution in [0.15, 0.2) is 24.3 Å². The summed E-state index contributed by atoms with van der Waals surface area (Å²) in [6.45, 7) is 5.43. The molecule has 0 radical (unpaired) electrons. The van der Waals surface area contributed by atoms with E-state index in [9.17, 15) is 9.18 Å². The zero-order valence-electron chi connectivity index (χ0n) is 10.1. The molecule has 17 heavy (non-hydrogen) atoms. The van der Waals surface area contributed by atoms with Crippen LogP contribution in [0.3, 0.4) is 0 Å². The molecule has 0 amide bonds. The highest BCUT2D eigenvalue weighted by Gasteiger charge is 2.13. The summed E-state index contributed by atoms with van der Waals surface area (Å²) in [7, 11) is 0. The Morgan fingerprint density at radius 1 is 1.35 bits per heavy atom. The SMILES string of the molecule is CC(=O)c1cc(C(C)C)nc2c(F)cccc12. The number of Topliss-reactive ketones (excluding diaryl/α,β-unsaturated/α-hetero) is 1. The molecule has 0 unspecified atom stereocenters. The van der Waals surface area contributed by atoms with E-state index in [-0.39, 0.29) is 23.0 Å². The van der Waals surface area contributed by atoms with Crippen LogP contribution in [0.25, 0.3) is 10.9 Å². The van der Waals surface area contributed by atoms with Crippen LogP contribution in [0.1, 0.15) is 42.7 Å². The molecule has 0 spiro atoms. The van der Waals surface area contributed by atoms with Crippen molar-refractivity contribution in [1.82, 2.24) is 4.98 Å². The molecular formula is C14H14FNO. The highest BCUT2D eigenvalue weighted by Crippen LogP contribution is 2.24. The first-order valence-electron chi connectivity index (χ1n) is 5.61. The fraction of sp³-hybridized carbons (Fsp3) is 0.286. The lowest BCUT2D eigenvalue weighted by molar-refractivity contribution is 0.101. The molecule has 0 fully saturated rings. The number of fused-ring (bicyclic) bond motifs is 1. The van der Waals surface area contributed by atoms with Gasteiger partial charge in [0.15, 0.2) is 5.78 Å². The Morgan fingerprint density at radius 2 is 2.06 bits per heavy atom. The molecule has 3 heteroatoms. The summed E-state index contributed by atoms with van der Waals surface area (Å²) >= 11 is 0. The summed E-state index contributed by atoms with van der Waals surface area (Å²) < 4.78 is 13.7. The van der Waals surface area contributed by atoms with E-state index >= 15 is 0 Å². The smallest absolute Gasteiger partial charge is 0.160 e. The van der Waals surface area contributed by atoms with Crippen molar-refractivity contribution in [3.63, 3.8) is 0 Å². The van der Waals surface area contributed by atoms with E-state index in [1.54, 1.807) is 18.2 Å². The second-order valence-electron chi connectivity index (χ2n) is 4.44. The van der Waals surface area contributed by atoms with E-state index in [4.69, 9.17) is 0 Å². The molecule has 0 atom stereocenters. The molecule has 0 aliphatic heterocycles. The zero-order valence-corrected chi connectivity index (χ0v) is 10.1. The van der Waals surface area contributed by atoms with Gasteiger partial charge < -0.3 is 0 Å². The quantitative estimate of drug-likeness (QED) is 0.737. The van der Waals surface area contributed by atoms with Gasteiger partial charge in [-0.05, 0) is 25.0 Å². The van der Waals surface area contributed by atoms with Gasteiger partial charge in [0.2, 0.25) is 0 Å². The largest absolute Gasteiger partial charge is 0.294 e. The van der Waals surface area contributed by atoms with Crippen LogP contribution in [0.5, 0.6) is 0 Å². The van der Waals surface area contributed by atoms with Gasteiger partial charge in [-0.25, -0.2) is 9.37 Å². The van der Waals surface area contributed by atoms with Crippen molar-refractivity contribution in [2.45, 2.75) is 26.7 Å². The Bertz CT molecular complexity index is 590. The third-order valence-corrected chi connectivity index (χ3v) is 2.78. The number of hydrogen-bond acceptors (Lipinski definition) is 2. The third kappa shape index (κ3) is 2.05. The minimum Gasteiger partial charge on any atom is -0.294 e. The highest BCUT2D eigenvalue weighted by atomic mass is 19.1. The Labute approximate surface area is 99.5 Å². The summed E-state index contributed by atoms with van der Waals surface area (Å²) in [4.78, 5) is 15.9. The van der Waals surface area contributed by atoms with Gasteiger partial charge in [0.25, 0.3) is 0 Å². The van der Waals surface area contributed by atoms with Crippen molar-refractivity contribution >= 4 is 16.7 Å². The van der Waals surface area contributed by atoms with Crippen molar-refractivity contribution < 1.29 is 9.18 Å². The van der Waals surface area contributed by atoms with Crippen LogP contribution in [0.4, 0.5) is 4.39 Å². The molecule has 1 aromatic heterocycles. The average Bonchev–Trinajstić information content (AvgIpc) is 2.28. The Hall–Kier alpha value is -1.77. The summed E-state index contributed by atoms with van der Waals surface area (Å²) in [6.07, 6.45) is 0. The molecule has 2 aromatic rings. The number of halogens is 1. The normalized spacial score (nSPS) is 11.1. The van der Waals surface area contributed by atoms with Crippen molar-refractivity contribution in [2.75, 3.05) is 0 Å². The predicted octanol–water partition coefficient (Wildman–Crippen LogP) is 3.70. The summed E-state index contributed by atoms with van der Waals surface area (Å²) in [5, 5.41) is 0.585. The Morgan fingerprint density at radius 3 is 2.65 bits per heavy atom. The van der Waals surface area contributed by atoms with Gasteiger partial charge in [-0.15, -0.1) is 0 Å². The number of ketones is 1. The second-order valence-corrected chi connectivity index (χ2v) is 4.44. The summed E-state index contributed by atoms with van der Waals surface area (Å²) in [5.41, 5.74) is 1.56. The molecule has 0 bridgehead atoms. The number of rotatable bonds is 2. The monoisotopic (exact) mass is 231 g/mol. The van der Waals surface area contributed by atoms with Crippen LogP contribution >= 0.6 is 0 Å². The summed E-state index contributed by atoms with van der Waals surface area (Å²) in [5.74, 6) is -0.283. The van der Waals surface area contributed by atoms with Gasteiger partial charge in [-0.1, -0.05) is 26.0 Å². The number of carbonyl (C=O) groups excluding carboxylic acids is 1. The molecule has 1 aromatic carbocycles. The maximum absolute atomic E-state index is 13.7. The number of aromatic nitrogens is 1. The van der Waals surface area contributed by atoms with Gasteiger partial charge in [0.1, 0.15) is 11.3 Å². The number of para-hydroxylation sites is 1. The maximum atomic E-state index is 13.7. The van der Waals surface area contributed by atoms with Crippen molar-refractivity contribution in [1.29, 1.82) is 0 Å². The molecule has 0 saturated heterocycles. The third-order valence-electron chi connectivity index (χ3n) is 2.78. The van der Waals surface area contributed by atoms with E-state index in [1.807, 2.05) is 13.8 Å². The number of nitrogens with zero attached hydrogens (tertiary/aromatic N) is 1. The summed E-state index contributed by atoms with van der Waals surface area (Å²) in [6, 6.07) is 6.45. The fourth-order valence-corrected chi connectivity index (χ4v) is 1.82. The van der Waals surface area contributed by atoms with E-state index < -0.39 is 0 Å². The predicted molar refractivity (Wildman–Crippen MR) is 65.8 cm³/mol. The van der Waals surface area contributed by atoms with Gasteiger partial charge >= 0.3 is 0 Å². The fourth-order valence-electron chi connectivity index (χ4n) is 1.82. The first-order chi connectivity index (χ1) is 8.00. The lowest BCUT2D eigenvalue weighted by Crippen LogP contribution is -2.02. The van der Waals surface area contributed by atoms with Crippen LogP contribution in [0, 0.1) is 5.82 Å². The molecule has 0 aliphatic rings. The standard InChI is InChI=1S/C14H14FNO/c1-8(2)13-7-11(9(3)17)10-5-4-6-12(15)14(10)16-13/h4-8H,1-3H3. The molecule has 2 rings (SSSR count). The number of carbonyl (C=O) groups is 1. The van der Waals surface area contributed by atoms with Crippen molar-refractivity contribution in [2.24, 2.45) is 0 Å². The van der Waals surface area contributed by atoms with Gasteiger partial charge in [-0.2, -0.15) is 0 Å². The topological polar surface area (TPSA) is 30.0 Å². The Kier molecular flexibility index (Phi) is 2.92. The van der Waals surface area contributed by atoms with E-state index in [2.05, 4.69) is 4.98 Å². The number of pyridine rings is 1. The lowest BCUT2D eigenvalue weighted by atomic mass is 10.0. The molecule has 0 aliphatic carbocycles. The highest BCUT2D eigenvalue weighted by molar-refractivity contribution is 6.06. The lowest BCUT2D eigenvalue weighted by Gasteiger charge is -2.10.